The lowest BCUT2D eigenvalue weighted by Crippen LogP contribution is -2.39. The highest BCUT2D eigenvalue weighted by Crippen LogP contribution is 2.38. The maximum Gasteiger partial charge on any atom is 0.184 e. The minimum absolute atomic E-state index is 0.00693. The number of nitrogens with two attached hydrogens (primary N) is 1. The molecule has 7 heteroatoms. The van der Waals surface area contributed by atoms with Crippen LogP contribution in [-0.2, 0) is 22.6 Å². The summed E-state index contributed by atoms with van der Waals surface area (Å²) in [6.45, 7) is 1.47. The van der Waals surface area contributed by atoms with Gasteiger partial charge in [-0.2, -0.15) is 0 Å². The Hall–Kier alpha value is -3.56. The van der Waals surface area contributed by atoms with Crippen molar-refractivity contribution in [3.63, 3.8) is 0 Å². The molecule has 41 heavy (non-hydrogen) atoms. The van der Waals surface area contributed by atoms with E-state index in [9.17, 15) is 15.3 Å². The van der Waals surface area contributed by atoms with E-state index in [2.05, 4.69) is 24.3 Å². The van der Waals surface area contributed by atoms with Crippen molar-refractivity contribution in [3.05, 3.63) is 125 Å². The molecule has 1 heterocycles. The molecular weight excluding hydrogens is 516 g/mol. The quantitative estimate of drug-likeness (QED) is 0.213. The molecular formula is C34H38N2O5. The predicted octanol–water partition coefficient (Wildman–Crippen LogP) is 5.22. The van der Waals surface area contributed by atoms with Crippen LogP contribution < -0.4 is 5.73 Å². The van der Waals surface area contributed by atoms with Crippen LogP contribution in [0, 0.1) is 0 Å². The molecule has 0 unspecified atom stereocenters. The number of ether oxygens (including phenoxy) is 2. The number of hydrogen-bond acceptors (Lipinski definition) is 7. The molecule has 4 aromatic carbocycles. The molecule has 7 nitrogen and oxygen atoms in total. The number of nitrogens with zero attached hydrogens (tertiary/aromatic N) is 1. The first-order chi connectivity index (χ1) is 19.9. The van der Waals surface area contributed by atoms with E-state index in [4.69, 9.17) is 15.2 Å². The van der Waals surface area contributed by atoms with Gasteiger partial charge in [0.1, 0.15) is 5.75 Å². The van der Waals surface area contributed by atoms with Crippen molar-refractivity contribution in [1.29, 1.82) is 0 Å². The molecule has 4 aromatic rings. The van der Waals surface area contributed by atoms with Crippen LogP contribution in [0.25, 0.3) is 11.1 Å². The molecule has 0 aliphatic carbocycles. The van der Waals surface area contributed by atoms with Crippen molar-refractivity contribution < 1.29 is 24.8 Å². The van der Waals surface area contributed by atoms with Gasteiger partial charge in [-0.05, 0) is 58.6 Å². The second kappa shape index (κ2) is 13.4. The zero-order chi connectivity index (χ0) is 28.8. The van der Waals surface area contributed by atoms with Crippen molar-refractivity contribution in [1.82, 2.24) is 4.90 Å². The monoisotopic (exact) mass is 554 g/mol. The van der Waals surface area contributed by atoms with Crippen molar-refractivity contribution in [2.45, 2.75) is 44.2 Å². The molecule has 0 spiro atoms. The fourth-order valence-corrected chi connectivity index (χ4v) is 5.30. The first-order valence-corrected chi connectivity index (χ1v) is 14.0. The van der Waals surface area contributed by atoms with E-state index in [0.717, 1.165) is 33.4 Å². The highest BCUT2D eigenvalue weighted by atomic mass is 16.7. The fraction of sp³-hybridized carbons (Fsp3) is 0.294. The minimum atomic E-state index is -0.741. The maximum atomic E-state index is 10.8. The van der Waals surface area contributed by atoms with E-state index < -0.39 is 12.4 Å². The smallest absolute Gasteiger partial charge is 0.184 e. The molecule has 0 amide bonds. The topological polar surface area (TPSA) is 108 Å². The molecule has 0 saturated carbocycles. The number of likely N-dealkylation sites (N-methyl/N-ethyl adjacent to an activating group) is 1. The number of aliphatic hydroxyl groups is 2. The second-order valence-electron chi connectivity index (χ2n) is 10.7. The number of phenols is 1. The van der Waals surface area contributed by atoms with Gasteiger partial charge in [0.25, 0.3) is 0 Å². The highest BCUT2D eigenvalue weighted by Gasteiger charge is 2.33. The van der Waals surface area contributed by atoms with Gasteiger partial charge in [0.05, 0.1) is 24.9 Å². The third kappa shape index (κ3) is 7.40. The molecule has 1 aliphatic rings. The lowest BCUT2D eigenvalue weighted by molar-refractivity contribution is -0.252. The minimum Gasteiger partial charge on any atom is -0.508 e. The van der Waals surface area contributed by atoms with Crippen LogP contribution in [0.15, 0.2) is 97.1 Å². The Bertz CT molecular complexity index is 1410. The Morgan fingerprint density at radius 1 is 0.854 bits per heavy atom. The molecule has 0 radical (unpaired) electrons. The summed E-state index contributed by atoms with van der Waals surface area (Å²) >= 11 is 0. The summed E-state index contributed by atoms with van der Waals surface area (Å²) in [7, 11) is 1.95. The Kier molecular flexibility index (Phi) is 9.46. The Labute approximate surface area is 241 Å². The molecule has 5 N–H and O–H groups in total. The van der Waals surface area contributed by atoms with Gasteiger partial charge in [-0.15, -0.1) is 0 Å². The van der Waals surface area contributed by atoms with Crippen molar-refractivity contribution >= 4 is 0 Å². The zero-order valence-electron chi connectivity index (χ0n) is 23.3. The van der Waals surface area contributed by atoms with Crippen molar-refractivity contribution in [3.8, 4) is 16.9 Å². The van der Waals surface area contributed by atoms with Crippen molar-refractivity contribution in [2.24, 2.45) is 5.73 Å². The molecule has 214 valence electrons. The number of aliphatic hydroxyl groups excluding tert-OH is 2. The van der Waals surface area contributed by atoms with E-state index in [0.29, 0.717) is 31.6 Å². The van der Waals surface area contributed by atoms with Crippen LogP contribution in [0.3, 0.4) is 0 Å². The summed E-state index contributed by atoms with van der Waals surface area (Å²) in [6, 6.07) is 31.0. The summed E-state index contributed by atoms with van der Waals surface area (Å²) in [5.41, 5.74) is 12.6. The number of benzene rings is 4. The lowest BCUT2D eigenvalue weighted by Gasteiger charge is -2.38. The molecule has 1 saturated heterocycles. The first-order valence-electron chi connectivity index (χ1n) is 14.0. The normalized spacial score (nSPS) is 19.8. The highest BCUT2D eigenvalue weighted by molar-refractivity contribution is 5.64. The third-order valence-corrected chi connectivity index (χ3v) is 7.55. The second-order valence-corrected chi connectivity index (χ2v) is 10.7. The average Bonchev–Trinajstić information content (AvgIpc) is 3.01. The van der Waals surface area contributed by atoms with Crippen LogP contribution >= 0.6 is 0 Å². The Balaban J connectivity index is 1.33. The summed E-state index contributed by atoms with van der Waals surface area (Å²) in [4.78, 5) is 2.04. The predicted molar refractivity (Wildman–Crippen MR) is 159 cm³/mol. The number of rotatable bonds is 10. The Morgan fingerprint density at radius 3 is 2.29 bits per heavy atom. The molecule has 1 fully saturated rings. The van der Waals surface area contributed by atoms with Gasteiger partial charge in [0.15, 0.2) is 6.29 Å². The summed E-state index contributed by atoms with van der Waals surface area (Å²) in [5, 5.41) is 30.0. The fourth-order valence-electron chi connectivity index (χ4n) is 5.30. The van der Waals surface area contributed by atoms with E-state index in [1.807, 2.05) is 60.5 Å². The van der Waals surface area contributed by atoms with E-state index in [1.54, 1.807) is 24.3 Å². The van der Waals surface area contributed by atoms with Gasteiger partial charge < -0.3 is 35.4 Å². The number of phenolic OH excluding ortho intramolecular Hbond substituents is 1. The summed E-state index contributed by atoms with van der Waals surface area (Å²) in [5.74, 6) is 0.132. The van der Waals surface area contributed by atoms with Gasteiger partial charge in [0.2, 0.25) is 0 Å². The third-order valence-electron chi connectivity index (χ3n) is 7.55. The number of aromatic hydroxyl groups is 1. The standard InChI is InChI=1S/C34H38N2O5/c1-36(21-32(39)29-6-3-7-30(38)17-29)20-31-18-33(26-10-8-23(22-37)9-11-26)41-34(40-31)27-14-12-25(13-15-27)28-5-2-4-24(16-28)19-35/h2-17,31-34,37-39H,18-22,35H2,1H3/t31-,32+,33+,34+/m0/s1. The average molecular weight is 555 g/mol. The molecule has 4 atom stereocenters. The molecule has 5 rings (SSSR count). The summed E-state index contributed by atoms with van der Waals surface area (Å²) in [6.07, 6.45) is -1.01. The SMILES string of the molecule is CN(C[C@@H]1C[C@H](c2ccc(CO)cc2)O[C@H](c2ccc(-c3cccc(CN)c3)cc2)O1)C[C@@H](O)c1cccc(O)c1. The van der Waals surface area contributed by atoms with Crippen molar-refractivity contribution in [2.75, 3.05) is 20.1 Å². The first kappa shape index (κ1) is 29.0. The molecule has 0 bridgehead atoms. The van der Waals surface area contributed by atoms with Crippen LogP contribution in [0.5, 0.6) is 5.75 Å². The lowest BCUT2D eigenvalue weighted by atomic mass is 9.99. The van der Waals surface area contributed by atoms with E-state index in [1.165, 1.54) is 0 Å². The van der Waals surface area contributed by atoms with E-state index in [-0.39, 0.29) is 24.6 Å². The van der Waals surface area contributed by atoms with Gasteiger partial charge in [-0.25, -0.2) is 0 Å². The van der Waals surface area contributed by atoms with Crippen LogP contribution in [-0.4, -0.2) is 46.5 Å². The van der Waals surface area contributed by atoms with Gasteiger partial charge in [-0.3, -0.25) is 0 Å². The van der Waals surface area contributed by atoms with Gasteiger partial charge in [-0.1, -0.05) is 78.9 Å². The van der Waals surface area contributed by atoms with Crippen LogP contribution in [0.2, 0.25) is 0 Å². The van der Waals surface area contributed by atoms with Gasteiger partial charge in [0, 0.05) is 31.6 Å². The van der Waals surface area contributed by atoms with Crippen LogP contribution in [0.1, 0.15) is 52.7 Å². The zero-order valence-corrected chi connectivity index (χ0v) is 23.3. The Morgan fingerprint density at radius 2 is 1.59 bits per heavy atom. The number of hydrogen-bond donors (Lipinski definition) is 4. The van der Waals surface area contributed by atoms with Gasteiger partial charge >= 0.3 is 0 Å². The van der Waals surface area contributed by atoms with Crippen LogP contribution in [0.4, 0.5) is 0 Å². The molecule has 1 aliphatic heterocycles. The summed E-state index contributed by atoms with van der Waals surface area (Å²) < 4.78 is 13.0. The van der Waals surface area contributed by atoms with E-state index >= 15 is 0 Å². The molecule has 0 aromatic heterocycles. The largest absolute Gasteiger partial charge is 0.508 e. The maximum absolute atomic E-state index is 10.8.